The largest absolute Gasteiger partial charge is 0.303 e. The summed E-state index contributed by atoms with van der Waals surface area (Å²) >= 11 is 0. The molecule has 0 unspecified atom stereocenters. The number of amides is 1. The summed E-state index contributed by atoms with van der Waals surface area (Å²) in [6.45, 7) is 4.61. The van der Waals surface area contributed by atoms with Gasteiger partial charge in [0.05, 0.1) is 12.2 Å². The SMILES string of the molecule is CC(C)=C1C(=O)N(Cc2ccccc2)c2ccccc21. The molecule has 0 saturated heterocycles. The molecule has 0 aromatic heterocycles. The number of allylic oxidation sites excluding steroid dienone is 1. The van der Waals surface area contributed by atoms with Gasteiger partial charge in [-0.15, -0.1) is 0 Å². The van der Waals surface area contributed by atoms with Crippen molar-refractivity contribution in [2.24, 2.45) is 0 Å². The molecule has 2 aromatic carbocycles. The van der Waals surface area contributed by atoms with Crippen LogP contribution in [0.3, 0.4) is 0 Å². The fourth-order valence-corrected chi connectivity index (χ4v) is 2.69. The van der Waals surface area contributed by atoms with E-state index in [1.165, 1.54) is 0 Å². The summed E-state index contributed by atoms with van der Waals surface area (Å²) in [6.07, 6.45) is 0. The highest BCUT2D eigenvalue weighted by atomic mass is 16.2. The number of carbonyl (C=O) groups is 1. The van der Waals surface area contributed by atoms with Crippen molar-refractivity contribution in [1.29, 1.82) is 0 Å². The van der Waals surface area contributed by atoms with Crippen molar-refractivity contribution in [3.63, 3.8) is 0 Å². The number of hydrogen-bond acceptors (Lipinski definition) is 1. The first-order chi connectivity index (χ1) is 9.68. The third-order valence-electron chi connectivity index (χ3n) is 3.61. The second-order valence-electron chi connectivity index (χ2n) is 5.27. The van der Waals surface area contributed by atoms with Crippen molar-refractivity contribution < 1.29 is 4.79 Å². The Hall–Kier alpha value is -2.35. The Morgan fingerprint density at radius 1 is 0.950 bits per heavy atom. The predicted octanol–water partition coefficient (Wildman–Crippen LogP) is 4.03. The number of carbonyl (C=O) groups excluding carboxylic acids is 1. The van der Waals surface area contributed by atoms with Crippen LogP contribution in [-0.4, -0.2) is 5.91 Å². The maximum Gasteiger partial charge on any atom is 0.259 e. The van der Waals surface area contributed by atoms with E-state index in [0.717, 1.165) is 28.0 Å². The van der Waals surface area contributed by atoms with Gasteiger partial charge in [-0.2, -0.15) is 0 Å². The molecule has 1 aliphatic rings. The molecule has 1 aliphatic heterocycles. The molecule has 20 heavy (non-hydrogen) atoms. The average molecular weight is 263 g/mol. The van der Waals surface area contributed by atoms with Gasteiger partial charge in [-0.1, -0.05) is 54.1 Å². The van der Waals surface area contributed by atoms with E-state index in [2.05, 4.69) is 12.1 Å². The molecule has 2 aromatic rings. The number of rotatable bonds is 2. The first-order valence-corrected chi connectivity index (χ1v) is 6.81. The topological polar surface area (TPSA) is 20.3 Å². The van der Waals surface area contributed by atoms with Crippen molar-refractivity contribution >= 4 is 17.2 Å². The Bertz CT molecular complexity index is 682. The molecule has 1 amide bonds. The highest BCUT2D eigenvalue weighted by Crippen LogP contribution is 2.38. The summed E-state index contributed by atoms with van der Waals surface area (Å²) in [4.78, 5) is 14.5. The first-order valence-electron chi connectivity index (χ1n) is 6.81. The quantitative estimate of drug-likeness (QED) is 0.749. The summed E-state index contributed by atoms with van der Waals surface area (Å²) in [7, 11) is 0. The van der Waals surface area contributed by atoms with Gasteiger partial charge in [-0.3, -0.25) is 4.79 Å². The van der Waals surface area contributed by atoms with Crippen molar-refractivity contribution in [3.05, 3.63) is 71.3 Å². The van der Waals surface area contributed by atoms with E-state index in [4.69, 9.17) is 0 Å². The molecule has 0 N–H and O–H groups in total. The molecule has 0 fully saturated rings. The maximum atomic E-state index is 12.7. The lowest BCUT2D eigenvalue weighted by atomic mass is 10.0. The highest BCUT2D eigenvalue weighted by Gasteiger charge is 2.32. The molecule has 0 aliphatic carbocycles. The zero-order chi connectivity index (χ0) is 14.1. The number of nitrogens with zero attached hydrogens (tertiary/aromatic N) is 1. The lowest BCUT2D eigenvalue weighted by Gasteiger charge is -2.17. The van der Waals surface area contributed by atoms with Crippen LogP contribution in [0.15, 0.2) is 60.2 Å². The van der Waals surface area contributed by atoms with Gasteiger partial charge in [0.25, 0.3) is 5.91 Å². The standard InChI is InChI=1S/C18H17NO/c1-13(2)17-15-10-6-7-11-16(15)19(18(17)20)12-14-8-4-3-5-9-14/h3-11H,12H2,1-2H3. The molecular formula is C18H17NO. The van der Waals surface area contributed by atoms with Gasteiger partial charge in [0, 0.05) is 11.1 Å². The lowest BCUT2D eigenvalue weighted by Crippen LogP contribution is -2.25. The van der Waals surface area contributed by atoms with E-state index in [1.54, 1.807) is 0 Å². The minimum absolute atomic E-state index is 0.107. The summed E-state index contributed by atoms with van der Waals surface area (Å²) in [5.74, 6) is 0.107. The molecule has 2 heteroatoms. The second kappa shape index (κ2) is 4.97. The molecular weight excluding hydrogens is 246 g/mol. The van der Waals surface area contributed by atoms with Crippen LogP contribution in [0.1, 0.15) is 25.0 Å². The Balaban J connectivity index is 2.05. The third-order valence-corrected chi connectivity index (χ3v) is 3.61. The molecule has 0 saturated carbocycles. The van der Waals surface area contributed by atoms with Gasteiger partial charge >= 0.3 is 0 Å². The minimum Gasteiger partial charge on any atom is -0.303 e. The number of hydrogen-bond donors (Lipinski definition) is 0. The van der Waals surface area contributed by atoms with Gasteiger partial charge in [-0.05, 0) is 25.5 Å². The predicted molar refractivity (Wildman–Crippen MR) is 82.3 cm³/mol. The molecule has 2 nitrogen and oxygen atoms in total. The number of anilines is 1. The van der Waals surface area contributed by atoms with E-state index in [-0.39, 0.29) is 5.91 Å². The summed E-state index contributed by atoms with van der Waals surface area (Å²) in [6, 6.07) is 18.1. The van der Waals surface area contributed by atoms with Crippen LogP contribution in [0, 0.1) is 0 Å². The van der Waals surface area contributed by atoms with Crippen LogP contribution in [0.2, 0.25) is 0 Å². The second-order valence-corrected chi connectivity index (χ2v) is 5.27. The van der Waals surface area contributed by atoms with Gasteiger partial charge in [0.15, 0.2) is 0 Å². The van der Waals surface area contributed by atoms with E-state index >= 15 is 0 Å². The zero-order valence-electron chi connectivity index (χ0n) is 11.8. The van der Waals surface area contributed by atoms with E-state index in [9.17, 15) is 4.79 Å². The van der Waals surface area contributed by atoms with Gasteiger partial charge in [0.1, 0.15) is 0 Å². The van der Waals surface area contributed by atoms with Gasteiger partial charge < -0.3 is 4.90 Å². The van der Waals surface area contributed by atoms with Gasteiger partial charge in [-0.25, -0.2) is 0 Å². The molecule has 0 spiro atoms. The third kappa shape index (κ3) is 2.03. The van der Waals surface area contributed by atoms with Crippen molar-refractivity contribution in [2.45, 2.75) is 20.4 Å². The fourth-order valence-electron chi connectivity index (χ4n) is 2.69. The van der Waals surface area contributed by atoms with Crippen LogP contribution in [0.25, 0.3) is 5.57 Å². The molecule has 100 valence electrons. The normalized spacial score (nSPS) is 13.6. The monoisotopic (exact) mass is 263 g/mol. The van der Waals surface area contributed by atoms with Crippen LogP contribution in [-0.2, 0) is 11.3 Å². The lowest BCUT2D eigenvalue weighted by molar-refractivity contribution is -0.113. The average Bonchev–Trinajstić information content (AvgIpc) is 2.73. The Morgan fingerprint density at radius 2 is 1.60 bits per heavy atom. The minimum atomic E-state index is 0.107. The summed E-state index contributed by atoms with van der Waals surface area (Å²) in [5.41, 5.74) is 5.12. The Kier molecular flexibility index (Phi) is 3.15. The van der Waals surface area contributed by atoms with Crippen molar-refractivity contribution in [1.82, 2.24) is 0 Å². The zero-order valence-corrected chi connectivity index (χ0v) is 11.8. The highest BCUT2D eigenvalue weighted by molar-refractivity contribution is 6.33. The van der Waals surface area contributed by atoms with E-state index in [1.807, 2.05) is 61.2 Å². The number of para-hydroxylation sites is 1. The Labute approximate surface area is 119 Å². The first kappa shape index (κ1) is 12.7. The molecule has 0 radical (unpaired) electrons. The van der Waals surface area contributed by atoms with Gasteiger partial charge in [0.2, 0.25) is 0 Å². The Morgan fingerprint density at radius 3 is 2.30 bits per heavy atom. The van der Waals surface area contributed by atoms with Crippen molar-refractivity contribution in [3.8, 4) is 0 Å². The smallest absolute Gasteiger partial charge is 0.259 e. The van der Waals surface area contributed by atoms with E-state index < -0.39 is 0 Å². The number of fused-ring (bicyclic) bond motifs is 1. The van der Waals surface area contributed by atoms with Crippen LogP contribution >= 0.6 is 0 Å². The van der Waals surface area contributed by atoms with Crippen molar-refractivity contribution in [2.75, 3.05) is 4.90 Å². The summed E-state index contributed by atoms with van der Waals surface area (Å²) < 4.78 is 0. The maximum absolute atomic E-state index is 12.7. The summed E-state index contributed by atoms with van der Waals surface area (Å²) in [5, 5.41) is 0. The molecule has 3 rings (SSSR count). The molecule has 0 atom stereocenters. The fraction of sp³-hybridized carbons (Fsp3) is 0.167. The number of benzene rings is 2. The van der Waals surface area contributed by atoms with Crippen LogP contribution in [0.5, 0.6) is 0 Å². The van der Waals surface area contributed by atoms with E-state index in [0.29, 0.717) is 6.54 Å². The molecule has 0 bridgehead atoms. The van der Waals surface area contributed by atoms with Crippen LogP contribution in [0.4, 0.5) is 5.69 Å². The van der Waals surface area contributed by atoms with Crippen LogP contribution < -0.4 is 4.90 Å². The molecule has 1 heterocycles.